The average Bonchev–Trinajstić information content (AvgIpc) is 2.06. The number of rotatable bonds is 3. The monoisotopic (exact) mass is 252 g/mol. The summed E-state index contributed by atoms with van der Waals surface area (Å²) < 4.78 is 7.66. The van der Waals surface area contributed by atoms with E-state index in [0.717, 1.165) is 11.4 Å². The average molecular weight is 254 g/mol. The third-order valence-corrected chi connectivity index (χ3v) is 1.46. The molecule has 0 heterocycles. The summed E-state index contributed by atoms with van der Waals surface area (Å²) in [7, 11) is 1.64. The van der Waals surface area contributed by atoms with Gasteiger partial charge in [0.05, 0.1) is 12.8 Å². The zero-order valence-electron chi connectivity index (χ0n) is 6.50. The highest BCUT2D eigenvalue weighted by atomic mass is 79.9. The third kappa shape index (κ3) is 3.30. The van der Waals surface area contributed by atoms with Crippen LogP contribution in [-0.2, 0) is 0 Å². The number of anilines is 1. The number of hydrogen-bond acceptors (Lipinski definition) is 3. The van der Waals surface area contributed by atoms with Crippen molar-refractivity contribution in [2.75, 3.05) is 12.5 Å². The van der Waals surface area contributed by atoms with Crippen molar-refractivity contribution in [3.63, 3.8) is 0 Å². The third-order valence-electron chi connectivity index (χ3n) is 1.26. The van der Waals surface area contributed by atoms with Gasteiger partial charge in [0.25, 0.3) is 0 Å². The minimum atomic E-state index is 0. The van der Waals surface area contributed by atoms with Gasteiger partial charge in [-0.1, -0.05) is 6.07 Å². The van der Waals surface area contributed by atoms with Crippen molar-refractivity contribution in [1.82, 2.24) is 4.45 Å². The molecule has 68 valence electrons. The molecule has 0 aliphatic carbocycles. The van der Waals surface area contributed by atoms with E-state index in [1.54, 1.807) is 7.11 Å². The van der Waals surface area contributed by atoms with E-state index in [0.29, 0.717) is 0 Å². The number of halogens is 2. The second-order valence-corrected chi connectivity index (χ2v) is 2.35. The summed E-state index contributed by atoms with van der Waals surface area (Å²) in [4.78, 5) is 0. The molecule has 3 nitrogen and oxygen atoms in total. The first-order valence-electron chi connectivity index (χ1n) is 3.12. The second-order valence-electron chi connectivity index (χ2n) is 1.95. The van der Waals surface area contributed by atoms with Crippen LogP contribution in [0, 0.1) is 0 Å². The zero-order chi connectivity index (χ0) is 8.10. The lowest BCUT2D eigenvalue weighted by molar-refractivity contribution is 0.415. The van der Waals surface area contributed by atoms with Crippen molar-refractivity contribution in [2.24, 2.45) is 0 Å². The maximum absolute atomic E-state index is 5.02. The van der Waals surface area contributed by atoms with Gasteiger partial charge in [-0.2, -0.15) is 4.45 Å². The highest BCUT2D eigenvalue weighted by Crippen LogP contribution is 2.15. The lowest BCUT2D eigenvalue weighted by Crippen LogP contribution is -2.07. The zero-order valence-corrected chi connectivity index (χ0v) is 8.91. The SMILES string of the molecule is COc1cccc(NNBr)c1.Cl. The van der Waals surface area contributed by atoms with E-state index in [1.165, 1.54) is 0 Å². The molecule has 0 fully saturated rings. The molecule has 1 aromatic rings. The molecule has 0 saturated heterocycles. The van der Waals surface area contributed by atoms with Crippen LogP contribution in [-0.4, -0.2) is 7.11 Å². The van der Waals surface area contributed by atoms with Crippen molar-refractivity contribution < 1.29 is 4.74 Å². The number of hydrogen-bond donors (Lipinski definition) is 2. The summed E-state index contributed by atoms with van der Waals surface area (Å²) in [6, 6.07) is 7.61. The molecular weight excluding hydrogens is 243 g/mol. The molecule has 0 saturated carbocycles. The Kier molecular flexibility index (Phi) is 5.88. The summed E-state index contributed by atoms with van der Waals surface area (Å²) in [6.45, 7) is 0. The van der Waals surface area contributed by atoms with Gasteiger partial charge < -0.3 is 10.2 Å². The second kappa shape index (κ2) is 6.11. The normalized spacial score (nSPS) is 8.50. The molecule has 2 N–H and O–H groups in total. The number of nitrogens with one attached hydrogen (secondary N) is 2. The van der Waals surface area contributed by atoms with Crippen LogP contribution in [0.3, 0.4) is 0 Å². The summed E-state index contributed by atoms with van der Waals surface area (Å²) in [5, 5.41) is 0. The summed E-state index contributed by atoms with van der Waals surface area (Å²) in [6.07, 6.45) is 0. The number of hydrazine groups is 1. The van der Waals surface area contributed by atoms with E-state index in [4.69, 9.17) is 4.74 Å². The van der Waals surface area contributed by atoms with Crippen molar-refractivity contribution >= 4 is 34.2 Å². The molecule has 1 rings (SSSR count). The maximum atomic E-state index is 5.02. The summed E-state index contributed by atoms with van der Waals surface area (Å²) in [5.74, 6) is 0.831. The smallest absolute Gasteiger partial charge is 0.120 e. The van der Waals surface area contributed by atoms with E-state index < -0.39 is 0 Å². The Bertz CT molecular complexity index is 234. The van der Waals surface area contributed by atoms with E-state index in [9.17, 15) is 0 Å². The molecule has 0 radical (unpaired) electrons. The van der Waals surface area contributed by atoms with E-state index in [2.05, 4.69) is 26.0 Å². The Morgan fingerprint density at radius 3 is 2.75 bits per heavy atom. The predicted octanol–water partition coefficient (Wildman–Crippen LogP) is 2.34. The highest BCUT2D eigenvalue weighted by Gasteiger charge is 1.91. The molecule has 0 aliphatic rings. The van der Waals surface area contributed by atoms with Crippen LogP contribution in [0.2, 0.25) is 0 Å². The largest absolute Gasteiger partial charge is 0.497 e. The Morgan fingerprint density at radius 2 is 2.17 bits per heavy atom. The molecule has 0 aliphatic heterocycles. The van der Waals surface area contributed by atoms with Gasteiger partial charge in [0.15, 0.2) is 0 Å². The number of ether oxygens (including phenoxy) is 1. The van der Waals surface area contributed by atoms with E-state index >= 15 is 0 Å². The Hall–Kier alpha value is -0.450. The molecule has 0 atom stereocenters. The van der Waals surface area contributed by atoms with Crippen LogP contribution >= 0.6 is 28.6 Å². The number of methoxy groups -OCH3 is 1. The minimum Gasteiger partial charge on any atom is -0.497 e. The maximum Gasteiger partial charge on any atom is 0.120 e. The van der Waals surface area contributed by atoms with Crippen molar-refractivity contribution in [2.45, 2.75) is 0 Å². The molecule has 0 amide bonds. The molecule has 0 spiro atoms. The molecular formula is C7H10BrClN2O. The first-order chi connectivity index (χ1) is 5.36. The Labute approximate surface area is 86.2 Å². The van der Waals surface area contributed by atoms with Gasteiger partial charge in [0.1, 0.15) is 5.75 Å². The summed E-state index contributed by atoms with van der Waals surface area (Å²) in [5.41, 5.74) is 3.81. The lowest BCUT2D eigenvalue weighted by Gasteiger charge is -2.04. The Morgan fingerprint density at radius 1 is 1.42 bits per heavy atom. The molecule has 0 aromatic heterocycles. The van der Waals surface area contributed by atoms with Gasteiger partial charge in [-0.3, -0.25) is 0 Å². The van der Waals surface area contributed by atoms with Crippen LogP contribution in [0.5, 0.6) is 5.75 Å². The fourth-order valence-electron chi connectivity index (χ4n) is 0.755. The van der Waals surface area contributed by atoms with Crippen molar-refractivity contribution in [3.8, 4) is 5.75 Å². The van der Waals surface area contributed by atoms with Gasteiger partial charge in [0.2, 0.25) is 0 Å². The van der Waals surface area contributed by atoms with Gasteiger partial charge in [-0.25, -0.2) is 0 Å². The number of benzene rings is 1. The van der Waals surface area contributed by atoms with Crippen molar-refractivity contribution in [3.05, 3.63) is 24.3 Å². The van der Waals surface area contributed by atoms with E-state index in [1.807, 2.05) is 24.3 Å². The topological polar surface area (TPSA) is 33.3 Å². The van der Waals surface area contributed by atoms with Crippen LogP contribution in [0.1, 0.15) is 0 Å². The predicted molar refractivity (Wildman–Crippen MR) is 55.9 cm³/mol. The van der Waals surface area contributed by atoms with Gasteiger partial charge in [-0.15, -0.1) is 12.4 Å². The lowest BCUT2D eigenvalue weighted by atomic mass is 10.3. The minimum absolute atomic E-state index is 0. The first-order valence-corrected chi connectivity index (χ1v) is 3.92. The van der Waals surface area contributed by atoms with Crippen LogP contribution in [0.15, 0.2) is 24.3 Å². The first kappa shape index (κ1) is 11.6. The fraction of sp³-hybridized carbons (Fsp3) is 0.143. The van der Waals surface area contributed by atoms with Crippen molar-refractivity contribution in [1.29, 1.82) is 0 Å². The van der Waals surface area contributed by atoms with Gasteiger partial charge in [0, 0.05) is 22.2 Å². The molecule has 0 bridgehead atoms. The van der Waals surface area contributed by atoms with Crippen LogP contribution in [0.4, 0.5) is 5.69 Å². The van der Waals surface area contributed by atoms with Crippen LogP contribution in [0.25, 0.3) is 0 Å². The summed E-state index contributed by atoms with van der Waals surface area (Å²) >= 11 is 3.03. The Balaban J connectivity index is 0.00000121. The molecule has 12 heavy (non-hydrogen) atoms. The van der Waals surface area contributed by atoms with E-state index in [-0.39, 0.29) is 12.4 Å². The fourth-order valence-corrected chi connectivity index (χ4v) is 0.984. The van der Waals surface area contributed by atoms with Gasteiger partial charge in [-0.05, 0) is 12.1 Å². The standard InChI is InChI=1S/C7H9BrN2O.ClH/c1-11-7-4-2-3-6(5-7)9-10-8;/h2-5,9-10H,1H3;1H. The quantitative estimate of drug-likeness (QED) is 0.641. The highest BCUT2D eigenvalue weighted by molar-refractivity contribution is 9.08. The van der Waals surface area contributed by atoms with Crippen LogP contribution < -0.4 is 14.6 Å². The van der Waals surface area contributed by atoms with Gasteiger partial charge >= 0.3 is 0 Å². The molecule has 1 aromatic carbocycles. The molecule has 0 unspecified atom stereocenters. The molecule has 5 heteroatoms.